The predicted molar refractivity (Wildman–Crippen MR) is 54.4 cm³/mol. The Balaban J connectivity index is 2.79. The third-order valence-electron chi connectivity index (χ3n) is 2.22. The van der Waals surface area contributed by atoms with Crippen LogP contribution in [0.5, 0.6) is 0 Å². The summed E-state index contributed by atoms with van der Waals surface area (Å²) in [7, 11) is 0. The van der Waals surface area contributed by atoms with Gasteiger partial charge in [0.1, 0.15) is 0 Å². The maximum atomic E-state index is 5.63. The lowest BCUT2D eigenvalue weighted by Crippen LogP contribution is -1.98. The zero-order valence-electron chi connectivity index (χ0n) is 7.62. The van der Waals surface area contributed by atoms with Crippen LogP contribution in [0.3, 0.4) is 0 Å². The Morgan fingerprint density at radius 3 is 2.92 bits per heavy atom. The van der Waals surface area contributed by atoms with Crippen LogP contribution in [0.1, 0.15) is 11.1 Å². The molecule has 0 aliphatic carbocycles. The van der Waals surface area contributed by atoms with E-state index in [1.165, 1.54) is 10.9 Å². The zero-order chi connectivity index (χ0) is 9.26. The van der Waals surface area contributed by atoms with Crippen LogP contribution in [-0.4, -0.2) is 4.98 Å². The van der Waals surface area contributed by atoms with Crippen LogP contribution in [-0.2, 0) is 6.54 Å². The summed E-state index contributed by atoms with van der Waals surface area (Å²) in [4.78, 5) is 4.13. The molecular formula is C11H12N2. The lowest BCUT2D eigenvalue weighted by Gasteiger charge is -2.03. The van der Waals surface area contributed by atoms with E-state index in [0.29, 0.717) is 6.54 Å². The zero-order valence-corrected chi connectivity index (χ0v) is 7.62. The van der Waals surface area contributed by atoms with Crippen LogP contribution in [0.4, 0.5) is 0 Å². The van der Waals surface area contributed by atoms with Gasteiger partial charge in [-0.1, -0.05) is 23.8 Å². The maximum absolute atomic E-state index is 5.63. The van der Waals surface area contributed by atoms with Gasteiger partial charge in [-0.3, -0.25) is 4.98 Å². The van der Waals surface area contributed by atoms with Crippen molar-refractivity contribution in [2.24, 2.45) is 5.73 Å². The molecule has 2 rings (SSSR count). The summed E-state index contributed by atoms with van der Waals surface area (Å²) in [5.41, 5.74) is 8.00. The van der Waals surface area contributed by atoms with Gasteiger partial charge in [0, 0.05) is 24.3 Å². The predicted octanol–water partition coefficient (Wildman–Crippen LogP) is 2.00. The number of rotatable bonds is 1. The van der Waals surface area contributed by atoms with Gasteiger partial charge in [0.25, 0.3) is 0 Å². The first-order valence-corrected chi connectivity index (χ1v) is 4.34. The smallest absolute Gasteiger partial charge is 0.0346 e. The fourth-order valence-corrected chi connectivity index (χ4v) is 1.50. The van der Waals surface area contributed by atoms with Crippen molar-refractivity contribution in [3.05, 3.63) is 41.7 Å². The number of nitrogens with zero attached hydrogens (tertiary/aromatic N) is 1. The van der Waals surface area contributed by atoms with Gasteiger partial charge in [-0.05, 0) is 17.9 Å². The van der Waals surface area contributed by atoms with Crippen molar-refractivity contribution in [2.45, 2.75) is 13.5 Å². The molecule has 0 bridgehead atoms. The van der Waals surface area contributed by atoms with Gasteiger partial charge in [-0.2, -0.15) is 0 Å². The molecule has 0 aliphatic rings. The number of hydrogen-bond donors (Lipinski definition) is 1. The highest BCUT2D eigenvalue weighted by atomic mass is 14.6. The largest absolute Gasteiger partial charge is 0.326 e. The summed E-state index contributed by atoms with van der Waals surface area (Å²) in [6.07, 6.45) is 3.70. The van der Waals surface area contributed by atoms with Crippen molar-refractivity contribution in [2.75, 3.05) is 0 Å². The van der Waals surface area contributed by atoms with Crippen LogP contribution < -0.4 is 5.73 Å². The molecule has 2 N–H and O–H groups in total. The summed E-state index contributed by atoms with van der Waals surface area (Å²) in [6.45, 7) is 2.63. The molecule has 0 radical (unpaired) electrons. The minimum absolute atomic E-state index is 0.549. The highest BCUT2D eigenvalue weighted by Gasteiger charge is 1.99. The molecule has 1 aromatic carbocycles. The van der Waals surface area contributed by atoms with Gasteiger partial charge in [-0.25, -0.2) is 0 Å². The highest BCUT2D eigenvalue weighted by molar-refractivity contribution is 5.85. The van der Waals surface area contributed by atoms with E-state index >= 15 is 0 Å². The fraction of sp³-hybridized carbons (Fsp3) is 0.182. The second-order valence-corrected chi connectivity index (χ2v) is 3.23. The maximum Gasteiger partial charge on any atom is 0.0346 e. The lowest BCUT2D eigenvalue weighted by atomic mass is 10.1. The van der Waals surface area contributed by atoms with Crippen molar-refractivity contribution < 1.29 is 0 Å². The van der Waals surface area contributed by atoms with Crippen LogP contribution in [0.25, 0.3) is 10.8 Å². The van der Waals surface area contributed by atoms with Gasteiger partial charge in [-0.15, -0.1) is 0 Å². The van der Waals surface area contributed by atoms with Gasteiger partial charge in [0.15, 0.2) is 0 Å². The molecule has 2 heteroatoms. The van der Waals surface area contributed by atoms with Crippen LogP contribution in [0.2, 0.25) is 0 Å². The minimum atomic E-state index is 0.549. The van der Waals surface area contributed by atoms with Gasteiger partial charge >= 0.3 is 0 Å². The fourth-order valence-electron chi connectivity index (χ4n) is 1.50. The molecule has 0 spiro atoms. The topological polar surface area (TPSA) is 38.9 Å². The first-order valence-electron chi connectivity index (χ1n) is 4.34. The molecule has 0 saturated heterocycles. The van der Waals surface area contributed by atoms with E-state index in [4.69, 9.17) is 5.73 Å². The summed E-state index contributed by atoms with van der Waals surface area (Å²) in [5, 5.41) is 2.38. The first kappa shape index (κ1) is 8.20. The van der Waals surface area contributed by atoms with Gasteiger partial charge in [0.2, 0.25) is 0 Å². The molecule has 0 fully saturated rings. The molecule has 0 saturated carbocycles. The number of hydrogen-bond acceptors (Lipinski definition) is 2. The van der Waals surface area contributed by atoms with Crippen LogP contribution in [0, 0.1) is 6.92 Å². The molecule has 1 heterocycles. The number of nitrogens with two attached hydrogens (primary N) is 1. The van der Waals surface area contributed by atoms with Crippen molar-refractivity contribution >= 4 is 10.8 Å². The van der Waals surface area contributed by atoms with Crippen molar-refractivity contribution in [1.82, 2.24) is 4.98 Å². The molecule has 2 nitrogen and oxygen atoms in total. The standard InChI is InChI=1S/C11H12N2/c1-8-2-3-9-6-13-7-10(5-12)11(9)4-8/h2-4,6-7H,5,12H2,1H3. The molecule has 0 aliphatic heterocycles. The summed E-state index contributed by atoms with van der Waals surface area (Å²) >= 11 is 0. The van der Waals surface area contributed by atoms with E-state index in [1.54, 1.807) is 0 Å². The molecule has 0 atom stereocenters. The Morgan fingerprint density at radius 1 is 1.31 bits per heavy atom. The third-order valence-corrected chi connectivity index (χ3v) is 2.22. The number of aromatic nitrogens is 1. The van der Waals surface area contributed by atoms with Gasteiger partial charge < -0.3 is 5.73 Å². The Hall–Kier alpha value is -1.41. The van der Waals surface area contributed by atoms with Crippen molar-refractivity contribution in [1.29, 1.82) is 0 Å². The normalized spacial score (nSPS) is 10.6. The summed E-state index contributed by atoms with van der Waals surface area (Å²) in [5.74, 6) is 0. The Labute approximate surface area is 77.4 Å². The van der Waals surface area contributed by atoms with E-state index in [9.17, 15) is 0 Å². The summed E-state index contributed by atoms with van der Waals surface area (Å²) in [6, 6.07) is 6.32. The molecule has 2 aromatic rings. The van der Waals surface area contributed by atoms with E-state index in [1.807, 2.05) is 12.4 Å². The first-order chi connectivity index (χ1) is 6.31. The SMILES string of the molecule is Cc1ccc2cncc(CN)c2c1. The van der Waals surface area contributed by atoms with Crippen molar-refractivity contribution in [3.63, 3.8) is 0 Å². The number of aryl methyl sites for hydroxylation is 1. The average molecular weight is 172 g/mol. The second-order valence-electron chi connectivity index (χ2n) is 3.23. The quantitative estimate of drug-likeness (QED) is 0.714. The molecule has 0 unspecified atom stereocenters. The molecule has 1 aromatic heterocycles. The van der Waals surface area contributed by atoms with E-state index < -0.39 is 0 Å². The van der Waals surface area contributed by atoms with Crippen LogP contribution in [0.15, 0.2) is 30.6 Å². The van der Waals surface area contributed by atoms with Crippen molar-refractivity contribution in [3.8, 4) is 0 Å². The Kier molecular flexibility index (Phi) is 1.99. The number of pyridine rings is 1. The Bertz CT molecular complexity index is 435. The number of fused-ring (bicyclic) bond motifs is 1. The summed E-state index contributed by atoms with van der Waals surface area (Å²) < 4.78 is 0. The molecular weight excluding hydrogens is 160 g/mol. The average Bonchev–Trinajstić information content (AvgIpc) is 2.17. The third kappa shape index (κ3) is 1.40. The monoisotopic (exact) mass is 172 g/mol. The molecule has 66 valence electrons. The molecule has 13 heavy (non-hydrogen) atoms. The van der Waals surface area contributed by atoms with E-state index in [0.717, 1.165) is 10.9 Å². The van der Waals surface area contributed by atoms with E-state index in [2.05, 4.69) is 30.1 Å². The van der Waals surface area contributed by atoms with E-state index in [-0.39, 0.29) is 0 Å². The Morgan fingerprint density at radius 2 is 2.15 bits per heavy atom. The second kappa shape index (κ2) is 3.15. The lowest BCUT2D eigenvalue weighted by molar-refractivity contribution is 1.07. The minimum Gasteiger partial charge on any atom is -0.326 e. The molecule has 0 amide bonds. The van der Waals surface area contributed by atoms with Crippen LogP contribution >= 0.6 is 0 Å². The highest BCUT2D eigenvalue weighted by Crippen LogP contribution is 2.18. The number of benzene rings is 1. The van der Waals surface area contributed by atoms with Gasteiger partial charge in [0.05, 0.1) is 0 Å².